The number of hydrogen-bond donors (Lipinski definition) is 3. The minimum absolute atomic E-state index is 0.0212. The Morgan fingerprint density at radius 3 is 2.00 bits per heavy atom. The topological polar surface area (TPSA) is 96.5 Å². The maximum absolute atomic E-state index is 12.9. The summed E-state index contributed by atoms with van der Waals surface area (Å²) in [5.41, 5.74) is 1.13. The van der Waals surface area contributed by atoms with Crippen LogP contribution in [0.1, 0.15) is 0 Å². The van der Waals surface area contributed by atoms with E-state index in [-0.39, 0.29) is 4.90 Å². The highest BCUT2D eigenvalue weighted by atomic mass is 32.2. The van der Waals surface area contributed by atoms with Gasteiger partial charge in [0.1, 0.15) is 11.6 Å². The van der Waals surface area contributed by atoms with Crippen LogP contribution in [0.3, 0.4) is 0 Å². The summed E-state index contributed by atoms with van der Waals surface area (Å²) >= 11 is 0. The van der Waals surface area contributed by atoms with E-state index in [1.807, 2.05) is 0 Å². The summed E-state index contributed by atoms with van der Waals surface area (Å²) in [7, 11) is -2.39. The molecule has 0 unspecified atom stereocenters. The number of rotatable bonds is 6. The van der Waals surface area contributed by atoms with E-state index in [4.69, 9.17) is 4.74 Å². The van der Waals surface area contributed by atoms with Crippen LogP contribution in [-0.4, -0.2) is 21.6 Å². The van der Waals surface area contributed by atoms with E-state index in [0.29, 0.717) is 22.8 Å². The van der Waals surface area contributed by atoms with Gasteiger partial charge in [0.2, 0.25) is 0 Å². The number of urea groups is 1. The molecule has 150 valence electrons. The van der Waals surface area contributed by atoms with Gasteiger partial charge in [-0.15, -0.1) is 0 Å². The summed E-state index contributed by atoms with van der Waals surface area (Å²) in [6, 6.07) is 17.1. The SMILES string of the molecule is COc1ccccc1NS(=O)(=O)c1ccc(NC(=O)Nc2ccc(F)cc2)cc1. The fraction of sp³-hybridized carbons (Fsp3) is 0.0500. The molecule has 0 aliphatic heterocycles. The fourth-order valence-electron chi connectivity index (χ4n) is 2.48. The molecular formula is C20H18FN3O4S. The zero-order chi connectivity index (χ0) is 20.9. The van der Waals surface area contributed by atoms with Crippen molar-refractivity contribution in [2.24, 2.45) is 0 Å². The molecular weight excluding hydrogens is 397 g/mol. The van der Waals surface area contributed by atoms with E-state index in [1.54, 1.807) is 24.3 Å². The van der Waals surface area contributed by atoms with E-state index < -0.39 is 21.9 Å². The lowest BCUT2D eigenvalue weighted by molar-refractivity contribution is 0.262. The predicted molar refractivity (Wildman–Crippen MR) is 109 cm³/mol. The van der Waals surface area contributed by atoms with Crippen LogP contribution in [-0.2, 0) is 10.0 Å². The number of para-hydroxylation sites is 2. The lowest BCUT2D eigenvalue weighted by atomic mass is 10.3. The highest BCUT2D eigenvalue weighted by molar-refractivity contribution is 7.92. The molecule has 3 N–H and O–H groups in total. The van der Waals surface area contributed by atoms with Crippen molar-refractivity contribution in [2.45, 2.75) is 4.90 Å². The van der Waals surface area contributed by atoms with Gasteiger partial charge >= 0.3 is 6.03 Å². The molecule has 0 aromatic heterocycles. The number of sulfonamides is 1. The van der Waals surface area contributed by atoms with Crippen LogP contribution in [0.2, 0.25) is 0 Å². The molecule has 3 rings (SSSR count). The van der Waals surface area contributed by atoms with Crippen LogP contribution in [0.25, 0.3) is 0 Å². The van der Waals surface area contributed by atoms with Gasteiger partial charge in [-0.05, 0) is 60.7 Å². The van der Waals surface area contributed by atoms with E-state index in [2.05, 4.69) is 15.4 Å². The Hall–Kier alpha value is -3.59. The monoisotopic (exact) mass is 415 g/mol. The number of anilines is 3. The molecule has 3 aromatic carbocycles. The van der Waals surface area contributed by atoms with E-state index >= 15 is 0 Å². The van der Waals surface area contributed by atoms with E-state index in [9.17, 15) is 17.6 Å². The van der Waals surface area contributed by atoms with Crippen molar-refractivity contribution in [1.29, 1.82) is 0 Å². The smallest absolute Gasteiger partial charge is 0.323 e. The normalized spacial score (nSPS) is 10.8. The van der Waals surface area contributed by atoms with Gasteiger partial charge in [-0.2, -0.15) is 0 Å². The number of benzene rings is 3. The Morgan fingerprint density at radius 1 is 0.862 bits per heavy atom. The number of carbonyl (C=O) groups is 1. The highest BCUT2D eigenvalue weighted by Crippen LogP contribution is 2.26. The number of amides is 2. The van der Waals surface area contributed by atoms with Crippen molar-refractivity contribution < 1.29 is 22.3 Å². The van der Waals surface area contributed by atoms with E-state index in [1.165, 1.54) is 55.6 Å². The summed E-state index contributed by atoms with van der Waals surface area (Å²) < 4.78 is 45.7. The molecule has 0 bridgehead atoms. The quantitative estimate of drug-likeness (QED) is 0.560. The fourth-order valence-corrected chi connectivity index (χ4v) is 3.55. The molecule has 0 saturated carbocycles. The third kappa shape index (κ3) is 5.23. The summed E-state index contributed by atoms with van der Waals surface area (Å²) in [5, 5.41) is 5.12. The predicted octanol–water partition coefficient (Wildman–Crippen LogP) is 4.28. The van der Waals surface area contributed by atoms with Gasteiger partial charge in [0.15, 0.2) is 0 Å². The zero-order valence-corrected chi connectivity index (χ0v) is 16.2. The number of halogens is 1. The Balaban J connectivity index is 1.67. The molecule has 0 fully saturated rings. The molecule has 2 amide bonds. The second-order valence-corrected chi connectivity index (χ2v) is 7.60. The molecule has 0 aliphatic rings. The summed E-state index contributed by atoms with van der Waals surface area (Å²) in [6.07, 6.45) is 0. The summed E-state index contributed by atoms with van der Waals surface area (Å²) in [6.45, 7) is 0. The third-order valence-corrected chi connectivity index (χ3v) is 5.26. The first kappa shape index (κ1) is 20.2. The molecule has 0 radical (unpaired) electrons. The molecule has 9 heteroatoms. The van der Waals surface area contributed by atoms with Crippen molar-refractivity contribution >= 4 is 33.1 Å². The first-order valence-corrected chi connectivity index (χ1v) is 9.95. The van der Waals surface area contributed by atoms with E-state index in [0.717, 1.165) is 0 Å². The maximum atomic E-state index is 12.9. The van der Waals surface area contributed by atoms with Crippen LogP contribution in [0, 0.1) is 5.82 Å². The van der Waals surface area contributed by atoms with Gasteiger partial charge in [0.05, 0.1) is 17.7 Å². The van der Waals surface area contributed by atoms with Gasteiger partial charge in [0.25, 0.3) is 10.0 Å². The minimum atomic E-state index is -3.84. The Bertz CT molecular complexity index is 1100. The van der Waals surface area contributed by atoms with Crippen molar-refractivity contribution in [2.75, 3.05) is 22.5 Å². The molecule has 29 heavy (non-hydrogen) atoms. The standard InChI is InChI=1S/C20H18FN3O4S/c1-28-19-5-3-2-4-18(19)24-29(26,27)17-12-10-16(11-13-17)23-20(25)22-15-8-6-14(21)7-9-15/h2-13,24H,1H3,(H2,22,23,25). The summed E-state index contributed by atoms with van der Waals surface area (Å²) in [4.78, 5) is 12.0. The molecule has 0 heterocycles. The van der Waals surface area contributed by atoms with Crippen LogP contribution < -0.4 is 20.1 Å². The third-order valence-electron chi connectivity index (χ3n) is 3.88. The molecule has 3 aromatic rings. The van der Waals surface area contributed by atoms with Crippen LogP contribution in [0.15, 0.2) is 77.7 Å². The minimum Gasteiger partial charge on any atom is -0.495 e. The zero-order valence-electron chi connectivity index (χ0n) is 15.3. The average Bonchev–Trinajstić information content (AvgIpc) is 2.70. The first-order chi connectivity index (χ1) is 13.9. The van der Waals surface area contributed by atoms with Crippen molar-refractivity contribution in [3.8, 4) is 5.75 Å². The summed E-state index contributed by atoms with van der Waals surface area (Å²) in [5.74, 6) is -0.0127. The first-order valence-electron chi connectivity index (χ1n) is 8.47. The Morgan fingerprint density at radius 2 is 1.41 bits per heavy atom. The van der Waals surface area contributed by atoms with Crippen LogP contribution >= 0.6 is 0 Å². The van der Waals surface area contributed by atoms with Crippen molar-refractivity contribution in [1.82, 2.24) is 0 Å². The van der Waals surface area contributed by atoms with Crippen LogP contribution in [0.5, 0.6) is 5.75 Å². The Labute approximate surface area is 167 Å². The lowest BCUT2D eigenvalue weighted by Crippen LogP contribution is -2.19. The molecule has 0 aliphatic carbocycles. The van der Waals surface area contributed by atoms with Gasteiger partial charge in [-0.1, -0.05) is 12.1 Å². The number of methoxy groups -OCH3 is 1. The number of nitrogens with one attached hydrogen (secondary N) is 3. The van der Waals surface area contributed by atoms with Crippen molar-refractivity contribution in [3.63, 3.8) is 0 Å². The van der Waals surface area contributed by atoms with Crippen molar-refractivity contribution in [3.05, 3.63) is 78.6 Å². The average molecular weight is 415 g/mol. The Kier molecular flexibility index (Phi) is 5.99. The second kappa shape index (κ2) is 8.61. The molecule has 7 nitrogen and oxygen atoms in total. The number of ether oxygens (including phenoxy) is 1. The number of carbonyl (C=O) groups excluding carboxylic acids is 1. The second-order valence-electron chi connectivity index (χ2n) is 5.92. The maximum Gasteiger partial charge on any atom is 0.323 e. The number of hydrogen-bond acceptors (Lipinski definition) is 4. The van der Waals surface area contributed by atoms with Gasteiger partial charge in [-0.25, -0.2) is 17.6 Å². The molecule has 0 spiro atoms. The van der Waals surface area contributed by atoms with Gasteiger partial charge in [0, 0.05) is 11.4 Å². The lowest BCUT2D eigenvalue weighted by Gasteiger charge is -2.12. The van der Waals surface area contributed by atoms with Gasteiger partial charge < -0.3 is 15.4 Å². The molecule has 0 saturated heterocycles. The molecule has 0 atom stereocenters. The van der Waals surface area contributed by atoms with Crippen LogP contribution in [0.4, 0.5) is 26.2 Å². The van der Waals surface area contributed by atoms with Gasteiger partial charge in [-0.3, -0.25) is 4.72 Å². The largest absolute Gasteiger partial charge is 0.495 e. The highest BCUT2D eigenvalue weighted by Gasteiger charge is 2.16.